The first-order valence-corrected chi connectivity index (χ1v) is 8.85. The quantitative estimate of drug-likeness (QED) is 0.666. The fourth-order valence-corrected chi connectivity index (χ4v) is 3.38. The van der Waals surface area contributed by atoms with Crippen molar-refractivity contribution in [2.24, 2.45) is 0 Å². The zero-order chi connectivity index (χ0) is 16.4. The average Bonchev–Trinajstić information content (AvgIpc) is 2.93. The Hall–Kier alpha value is -2.20. The first-order chi connectivity index (χ1) is 11.1. The van der Waals surface area contributed by atoms with Gasteiger partial charge in [-0.15, -0.1) is 11.8 Å². The van der Waals surface area contributed by atoms with Crippen molar-refractivity contribution < 1.29 is 9.90 Å². The minimum atomic E-state index is -0.810. The molecule has 0 atom stereocenters. The first-order valence-electron chi connectivity index (χ1n) is 7.62. The maximum atomic E-state index is 11.3. The highest BCUT2D eigenvalue weighted by atomic mass is 32.2. The van der Waals surface area contributed by atoms with Crippen molar-refractivity contribution >= 4 is 28.6 Å². The Morgan fingerprint density at radius 2 is 1.91 bits per heavy atom. The summed E-state index contributed by atoms with van der Waals surface area (Å²) in [5.41, 5.74) is 5.06. The summed E-state index contributed by atoms with van der Waals surface area (Å²) in [5.74, 6) is -0.810. The van der Waals surface area contributed by atoms with Gasteiger partial charge in [-0.05, 0) is 41.5 Å². The standard InChI is InChI=1S/C19H19NO2S/c1-3-12-5-4-6-15-16(11-17(21)22)19(20-18(12)15)13-7-9-14(23-2)10-8-13/h4-10,20H,3,11H2,1-2H3,(H,21,22). The van der Waals surface area contributed by atoms with Crippen LogP contribution in [0.25, 0.3) is 22.2 Å². The molecule has 0 spiro atoms. The van der Waals surface area contributed by atoms with Crippen LogP contribution < -0.4 is 0 Å². The number of para-hydroxylation sites is 1. The molecule has 2 N–H and O–H groups in total. The minimum absolute atomic E-state index is 0.0206. The van der Waals surface area contributed by atoms with E-state index in [1.54, 1.807) is 11.8 Å². The van der Waals surface area contributed by atoms with E-state index in [0.717, 1.165) is 34.1 Å². The second-order valence-corrected chi connectivity index (χ2v) is 6.35. The summed E-state index contributed by atoms with van der Waals surface area (Å²) in [7, 11) is 0. The Morgan fingerprint density at radius 1 is 1.17 bits per heavy atom. The zero-order valence-corrected chi connectivity index (χ0v) is 14.0. The Balaban J connectivity index is 2.22. The first kappa shape index (κ1) is 15.7. The van der Waals surface area contributed by atoms with E-state index in [1.165, 1.54) is 10.5 Å². The van der Waals surface area contributed by atoms with E-state index in [0.29, 0.717) is 0 Å². The molecule has 3 nitrogen and oxygen atoms in total. The van der Waals surface area contributed by atoms with Gasteiger partial charge in [0.15, 0.2) is 0 Å². The number of benzene rings is 2. The van der Waals surface area contributed by atoms with E-state index in [2.05, 4.69) is 30.1 Å². The smallest absolute Gasteiger partial charge is 0.307 e. The summed E-state index contributed by atoms with van der Waals surface area (Å²) < 4.78 is 0. The minimum Gasteiger partial charge on any atom is -0.481 e. The third-order valence-corrected chi connectivity index (χ3v) is 4.86. The Labute approximate surface area is 139 Å². The lowest BCUT2D eigenvalue weighted by molar-refractivity contribution is -0.136. The fourth-order valence-electron chi connectivity index (χ4n) is 2.97. The van der Waals surface area contributed by atoms with E-state index in [4.69, 9.17) is 0 Å². The summed E-state index contributed by atoms with van der Waals surface area (Å²) in [6.45, 7) is 2.11. The van der Waals surface area contributed by atoms with Crippen molar-refractivity contribution in [2.45, 2.75) is 24.7 Å². The molecule has 23 heavy (non-hydrogen) atoms. The molecule has 0 amide bonds. The molecule has 3 aromatic rings. The highest BCUT2D eigenvalue weighted by molar-refractivity contribution is 7.98. The van der Waals surface area contributed by atoms with Crippen molar-refractivity contribution in [3.05, 3.63) is 53.6 Å². The van der Waals surface area contributed by atoms with Crippen LogP contribution in [-0.4, -0.2) is 22.3 Å². The number of H-pyrrole nitrogens is 1. The third-order valence-electron chi connectivity index (χ3n) is 4.12. The number of aromatic nitrogens is 1. The number of nitrogens with one attached hydrogen (secondary N) is 1. The average molecular weight is 325 g/mol. The molecule has 0 fully saturated rings. The van der Waals surface area contributed by atoms with Crippen LogP contribution in [0.1, 0.15) is 18.1 Å². The van der Waals surface area contributed by atoms with Crippen molar-refractivity contribution in [3.63, 3.8) is 0 Å². The van der Waals surface area contributed by atoms with Crippen LogP contribution in [0.2, 0.25) is 0 Å². The lowest BCUT2D eigenvalue weighted by atomic mass is 10.0. The second kappa shape index (κ2) is 6.50. The fraction of sp³-hybridized carbons (Fsp3) is 0.211. The molecule has 0 aliphatic rings. The molecular formula is C19H19NO2S. The van der Waals surface area contributed by atoms with Gasteiger partial charge >= 0.3 is 5.97 Å². The van der Waals surface area contributed by atoms with Gasteiger partial charge in [0.25, 0.3) is 0 Å². The van der Waals surface area contributed by atoms with E-state index >= 15 is 0 Å². The lowest BCUT2D eigenvalue weighted by Crippen LogP contribution is -2.00. The molecule has 0 aliphatic carbocycles. The van der Waals surface area contributed by atoms with Gasteiger partial charge in [0.1, 0.15) is 0 Å². The molecule has 0 bridgehead atoms. The maximum Gasteiger partial charge on any atom is 0.307 e. The lowest BCUT2D eigenvalue weighted by Gasteiger charge is -2.04. The molecular weight excluding hydrogens is 306 g/mol. The number of fused-ring (bicyclic) bond motifs is 1. The number of thioether (sulfide) groups is 1. The maximum absolute atomic E-state index is 11.3. The number of carboxylic acids is 1. The van der Waals surface area contributed by atoms with Crippen molar-refractivity contribution in [2.75, 3.05) is 6.26 Å². The van der Waals surface area contributed by atoms with E-state index < -0.39 is 5.97 Å². The van der Waals surface area contributed by atoms with Gasteiger partial charge in [0, 0.05) is 15.8 Å². The second-order valence-electron chi connectivity index (χ2n) is 5.47. The number of aryl methyl sites for hydroxylation is 1. The highest BCUT2D eigenvalue weighted by Crippen LogP contribution is 2.33. The van der Waals surface area contributed by atoms with Crippen molar-refractivity contribution in [3.8, 4) is 11.3 Å². The summed E-state index contributed by atoms with van der Waals surface area (Å²) in [6, 6.07) is 14.3. The molecule has 0 aliphatic heterocycles. The number of aromatic amines is 1. The number of aliphatic carboxylic acids is 1. The largest absolute Gasteiger partial charge is 0.481 e. The van der Waals surface area contributed by atoms with Crippen LogP contribution in [0.4, 0.5) is 0 Å². The Morgan fingerprint density at radius 3 is 2.52 bits per heavy atom. The number of carbonyl (C=O) groups is 1. The molecule has 0 saturated carbocycles. The molecule has 0 unspecified atom stereocenters. The molecule has 1 heterocycles. The van der Waals surface area contributed by atoms with E-state index in [1.807, 2.05) is 30.5 Å². The Bertz CT molecular complexity index is 850. The van der Waals surface area contributed by atoms with Gasteiger partial charge in [0.05, 0.1) is 12.1 Å². The topological polar surface area (TPSA) is 53.1 Å². The van der Waals surface area contributed by atoms with Crippen LogP contribution in [0.5, 0.6) is 0 Å². The number of carboxylic acid groups (broad SMARTS) is 1. The van der Waals surface area contributed by atoms with Crippen LogP contribution in [0.3, 0.4) is 0 Å². The molecule has 3 rings (SSSR count). The summed E-state index contributed by atoms with van der Waals surface area (Å²) >= 11 is 1.69. The Kier molecular flexibility index (Phi) is 4.44. The van der Waals surface area contributed by atoms with Crippen LogP contribution in [0.15, 0.2) is 47.4 Å². The highest BCUT2D eigenvalue weighted by Gasteiger charge is 2.17. The predicted octanol–water partition coefficient (Wildman–Crippen LogP) is 4.75. The van der Waals surface area contributed by atoms with Gasteiger partial charge in [-0.1, -0.05) is 37.3 Å². The summed E-state index contributed by atoms with van der Waals surface area (Å²) in [6.07, 6.45) is 2.98. The zero-order valence-electron chi connectivity index (χ0n) is 13.2. The predicted molar refractivity (Wildman–Crippen MR) is 96.2 cm³/mol. The van der Waals surface area contributed by atoms with Gasteiger partial charge in [-0.3, -0.25) is 4.79 Å². The van der Waals surface area contributed by atoms with Crippen LogP contribution in [0, 0.1) is 0 Å². The normalized spacial score (nSPS) is 11.0. The molecule has 2 aromatic carbocycles. The van der Waals surface area contributed by atoms with E-state index in [9.17, 15) is 9.90 Å². The summed E-state index contributed by atoms with van der Waals surface area (Å²) in [5, 5.41) is 10.3. The van der Waals surface area contributed by atoms with Gasteiger partial charge < -0.3 is 10.1 Å². The van der Waals surface area contributed by atoms with Gasteiger partial charge in [-0.2, -0.15) is 0 Å². The molecule has 1 aromatic heterocycles. The van der Waals surface area contributed by atoms with Crippen molar-refractivity contribution in [1.82, 2.24) is 4.98 Å². The van der Waals surface area contributed by atoms with Crippen LogP contribution >= 0.6 is 11.8 Å². The van der Waals surface area contributed by atoms with Crippen LogP contribution in [-0.2, 0) is 17.6 Å². The SMILES string of the molecule is CCc1cccc2c(CC(=O)O)c(-c3ccc(SC)cc3)[nH]c12. The number of rotatable bonds is 5. The monoisotopic (exact) mass is 325 g/mol. The van der Waals surface area contributed by atoms with Gasteiger partial charge in [-0.25, -0.2) is 0 Å². The van der Waals surface area contributed by atoms with Crippen molar-refractivity contribution in [1.29, 1.82) is 0 Å². The molecule has 0 saturated heterocycles. The number of hydrogen-bond donors (Lipinski definition) is 2. The number of hydrogen-bond acceptors (Lipinski definition) is 2. The molecule has 118 valence electrons. The summed E-state index contributed by atoms with van der Waals surface area (Å²) in [4.78, 5) is 16.0. The third kappa shape index (κ3) is 2.99. The molecule has 0 radical (unpaired) electrons. The van der Waals surface area contributed by atoms with E-state index in [-0.39, 0.29) is 6.42 Å². The van der Waals surface area contributed by atoms with Gasteiger partial charge in [0.2, 0.25) is 0 Å². The molecule has 4 heteroatoms.